The van der Waals surface area contributed by atoms with E-state index in [0.29, 0.717) is 5.92 Å². The second kappa shape index (κ2) is 5.93. The number of aliphatic hydroxyl groups is 1. The molecule has 0 aromatic heterocycles. The van der Waals surface area contributed by atoms with Crippen molar-refractivity contribution in [2.24, 2.45) is 11.7 Å². The van der Waals surface area contributed by atoms with Gasteiger partial charge in [0.25, 0.3) is 0 Å². The van der Waals surface area contributed by atoms with Crippen LogP contribution < -0.4 is 10.5 Å². The highest BCUT2D eigenvalue weighted by Crippen LogP contribution is 2.35. The normalized spacial score (nSPS) is 25.1. The van der Waals surface area contributed by atoms with Crippen molar-refractivity contribution in [1.82, 2.24) is 0 Å². The van der Waals surface area contributed by atoms with Crippen molar-refractivity contribution in [1.29, 1.82) is 0 Å². The highest BCUT2D eigenvalue weighted by Gasteiger charge is 2.26. The number of rotatable bonds is 3. The summed E-state index contributed by atoms with van der Waals surface area (Å²) in [4.78, 5) is 0. The lowest BCUT2D eigenvalue weighted by Crippen LogP contribution is -2.27. The van der Waals surface area contributed by atoms with Crippen LogP contribution in [0.1, 0.15) is 48.4 Å². The highest BCUT2D eigenvalue weighted by atomic mass is 16.5. The van der Waals surface area contributed by atoms with Crippen LogP contribution >= 0.6 is 0 Å². The van der Waals surface area contributed by atoms with E-state index in [0.717, 1.165) is 42.6 Å². The first-order valence-corrected chi connectivity index (χ1v) is 7.11. The summed E-state index contributed by atoms with van der Waals surface area (Å²) in [5, 5.41) is 9.58. The molecule has 1 aromatic carbocycles. The van der Waals surface area contributed by atoms with E-state index in [-0.39, 0.29) is 12.1 Å². The first-order valence-electron chi connectivity index (χ1n) is 7.11. The van der Waals surface area contributed by atoms with Gasteiger partial charge in [-0.1, -0.05) is 12.1 Å². The van der Waals surface area contributed by atoms with E-state index in [2.05, 4.69) is 26.0 Å². The zero-order chi connectivity index (χ0) is 14.0. The van der Waals surface area contributed by atoms with Crippen LogP contribution in [0.2, 0.25) is 0 Å². The number of nitrogens with two attached hydrogens (primary N) is 1. The van der Waals surface area contributed by atoms with Gasteiger partial charge in [0.2, 0.25) is 0 Å². The molecular formula is C16H25NO2. The number of aliphatic hydroxyl groups excluding tert-OH is 1. The van der Waals surface area contributed by atoms with Gasteiger partial charge in [0.15, 0.2) is 0 Å². The SMILES string of the molecule is COc1c(C)cc(C(N)C2CCC(O)CC2)cc1C. The lowest BCUT2D eigenvalue weighted by Gasteiger charge is -2.30. The van der Waals surface area contributed by atoms with Crippen LogP contribution in [0.3, 0.4) is 0 Å². The number of ether oxygens (including phenoxy) is 1. The molecule has 1 unspecified atom stereocenters. The van der Waals surface area contributed by atoms with Crippen LogP contribution in [0.4, 0.5) is 0 Å². The van der Waals surface area contributed by atoms with E-state index < -0.39 is 0 Å². The van der Waals surface area contributed by atoms with Gasteiger partial charge in [-0.3, -0.25) is 0 Å². The summed E-state index contributed by atoms with van der Waals surface area (Å²) in [6, 6.07) is 4.35. The summed E-state index contributed by atoms with van der Waals surface area (Å²) < 4.78 is 5.40. The van der Waals surface area contributed by atoms with E-state index in [9.17, 15) is 5.11 Å². The molecule has 1 atom stereocenters. The Bertz CT molecular complexity index is 413. The average Bonchev–Trinajstić information content (AvgIpc) is 2.38. The van der Waals surface area contributed by atoms with Crippen LogP contribution in [0.15, 0.2) is 12.1 Å². The third kappa shape index (κ3) is 3.10. The second-order valence-corrected chi connectivity index (χ2v) is 5.78. The molecule has 0 aliphatic heterocycles. The minimum Gasteiger partial charge on any atom is -0.496 e. The molecule has 1 aliphatic rings. The number of aryl methyl sites for hydroxylation is 2. The quantitative estimate of drug-likeness (QED) is 0.881. The Morgan fingerprint density at radius 3 is 2.16 bits per heavy atom. The molecule has 1 saturated carbocycles. The molecule has 1 fully saturated rings. The van der Waals surface area contributed by atoms with Gasteiger partial charge in [0, 0.05) is 6.04 Å². The van der Waals surface area contributed by atoms with Crippen molar-refractivity contribution in [3.8, 4) is 5.75 Å². The average molecular weight is 263 g/mol. The Morgan fingerprint density at radius 1 is 1.16 bits per heavy atom. The Morgan fingerprint density at radius 2 is 1.68 bits per heavy atom. The molecule has 19 heavy (non-hydrogen) atoms. The molecule has 0 heterocycles. The van der Waals surface area contributed by atoms with Crippen LogP contribution in [0.5, 0.6) is 5.75 Å². The maximum Gasteiger partial charge on any atom is 0.124 e. The summed E-state index contributed by atoms with van der Waals surface area (Å²) in [5.41, 5.74) is 9.90. The molecule has 1 aromatic rings. The first-order chi connectivity index (χ1) is 9.02. The van der Waals surface area contributed by atoms with Crippen molar-refractivity contribution < 1.29 is 9.84 Å². The number of benzene rings is 1. The van der Waals surface area contributed by atoms with E-state index in [1.807, 2.05) is 0 Å². The van der Waals surface area contributed by atoms with E-state index in [1.54, 1.807) is 7.11 Å². The standard InChI is InChI=1S/C16H25NO2/c1-10-8-13(9-11(2)16(10)19-3)15(17)12-4-6-14(18)7-5-12/h8-9,12,14-15,18H,4-7,17H2,1-3H3. The van der Waals surface area contributed by atoms with E-state index in [4.69, 9.17) is 10.5 Å². The van der Waals surface area contributed by atoms with Gasteiger partial charge in [-0.2, -0.15) is 0 Å². The van der Waals surface area contributed by atoms with Gasteiger partial charge in [-0.25, -0.2) is 0 Å². The number of methoxy groups -OCH3 is 1. The van der Waals surface area contributed by atoms with E-state index >= 15 is 0 Å². The molecule has 3 N–H and O–H groups in total. The molecule has 0 spiro atoms. The zero-order valence-corrected chi connectivity index (χ0v) is 12.1. The van der Waals surface area contributed by atoms with Crippen molar-refractivity contribution in [3.05, 3.63) is 28.8 Å². The largest absolute Gasteiger partial charge is 0.496 e. The first kappa shape index (κ1) is 14.4. The molecule has 3 heteroatoms. The molecule has 0 amide bonds. The van der Waals surface area contributed by atoms with Gasteiger partial charge in [-0.15, -0.1) is 0 Å². The third-order valence-corrected chi connectivity index (χ3v) is 4.32. The topological polar surface area (TPSA) is 55.5 Å². The van der Waals surface area contributed by atoms with Crippen LogP contribution in [-0.4, -0.2) is 18.3 Å². The van der Waals surface area contributed by atoms with Gasteiger partial charge in [0.05, 0.1) is 13.2 Å². The fraction of sp³-hybridized carbons (Fsp3) is 0.625. The predicted octanol–water partition coefficient (Wildman–Crippen LogP) is 2.86. The monoisotopic (exact) mass is 263 g/mol. The number of hydrogen-bond acceptors (Lipinski definition) is 3. The Labute approximate surface area is 115 Å². The molecule has 1 aliphatic carbocycles. The lowest BCUT2D eigenvalue weighted by molar-refractivity contribution is 0.102. The molecule has 0 bridgehead atoms. The van der Waals surface area contributed by atoms with Gasteiger partial charge >= 0.3 is 0 Å². The fourth-order valence-corrected chi connectivity index (χ4v) is 3.23. The Hall–Kier alpha value is -1.06. The van der Waals surface area contributed by atoms with Crippen molar-refractivity contribution in [2.45, 2.75) is 51.7 Å². The maximum atomic E-state index is 9.58. The summed E-state index contributed by atoms with van der Waals surface area (Å²) in [7, 11) is 1.71. The van der Waals surface area contributed by atoms with Crippen molar-refractivity contribution in [2.75, 3.05) is 7.11 Å². The zero-order valence-electron chi connectivity index (χ0n) is 12.1. The van der Waals surface area contributed by atoms with Gasteiger partial charge in [0.1, 0.15) is 5.75 Å². The molecule has 106 valence electrons. The number of hydrogen-bond donors (Lipinski definition) is 2. The summed E-state index contributed by atoms with van der Waals surface area (Å²) >= 11 is 0. The molecule has 0 radical (unpaired) electrons. The summed E-state index contributed by atoms with van der Waals surface area (Å²) in [6.07, 6.45) is 3.68. The molecule has 2 rings (SSSR count). The lowest BCUT2D eigenvalue weighted by atomic mass is 9.80. The molecule has 0 saturated heterocycles. The van der Waals surface area contributed by atoms with E-state index in [1.165, 1.54) is 5.56 Å². The maximum absolute atomic E-state index is 9.58. The smallest absolute Gasteiger partial charge is 0.124 e. The minimum atomic E-state index is -0.122. The molecular weight excluding hydrogens is 238 g/mol. The Balaban J connectivity index is 2.17. The van der Waals surface area contributed by atoms with Crippen LogP contribution in [0.25, 0.3) is 0 Å². The predicted molar refractivity (Wildman–Crippen MR) is 77.4 cm³/mol. The van der Waals surface area contributed by atoms with Gasteiger partial charge < -0.3 is 15.6 Å². The van der Waals surface area contributed by atoms with Crippen LogP contribution in [-0.2, 0) is 0 Å². The fourth-order valence-electron chi connectivity index (χ4n) is 3.23. The molecule has 3 nitrogen and oxygen atoms in total. The van der Waals surface area contributed by atoms with Crippen molar-refractivity contribution in [3.63, 3.8) is 0 Å². The minimum absolute atomic E-state index is 0.0656. The van der Waals surface area contributed by atoms with Crippen LogP contribution in [0, 0.1) is 19.8 Å². The van der Waals surface area contributed by atoms with Gasteiger partial charge in [-0.05, 0) is 62.1 Å². The summed E-state index contributed by atoms with van der Waals surface area (Å²) in [6.45, 7) is 4.12. The summed E-state index contributed by atoms with van der Waals surface area (Å²) in [5.74, 6) is 1.44. The highest BCUT2D eigenvalue weighted by molar-refractivity contribution is 5.44. The van der Waals surface area contributed by atoms with Crippen molar-refractivity contribution >= 4 is 0 Å². The Kier molecular flexibility index (Phi) is 4.48. The third-order valence-electron chi connectivity index (χ3n) is 4.32. The second-order valence-electron chi connectivity index (χ2n) is 5.78.